The van der Waals surface area contributed by atoms with Crippen molar-refractivity contribution in [2.75, 3.05) is 4.90 Å². The fraction of sp³-hybridized carbons (Fsp3) is 0. The van der Waals surface area contributed by atoms with Gasteiger partial charge in [0, 0.05) is 33.4 Å². The van der Waals surface area contributed by atoms with Gasteiger partial charge >= 0.3 is 0 Å². The van der Waals surface area contributed by atoms with Crippen molar-refractivity contribution in [1.29, 1.82) is 0 Å². The number of aromatic nitrogens is 1. The van der Waals surface area contributed by atoms with E-state index in [1.807, 2.05) is 0 Å². The Balaban J connectivity index is 1.03. The molecule has 244 valence electrons. The molecule has 0 atom stereocenters. The predicted octanol–water partition coefficient (Wildman–Crippen LogP) is 14.2. The smallest absolute Gasteiger partial charge is 0.124 e. The standard InChI is InChI=1S/C49H32N2S/c1-3-12-36(13-4-1)49-50-47-46-32-39(25-30-44(46)43-17-9-10-18-45(43)48(47)52-49)35-23-28-42(29-24-35)51(40-15-5-2-6-16-40)41-26-21-34(22-27-41)38-20-19-33-11-7-8-14-37(33)31-38/h1-32H. The molecule has 1 aromatic heterocycles. The van der Waals surface area contributed by atoms with E-state index in [2.05, 4.69) is 199 Å². The average Bonchev–Trinajstić information content (AvgIpc) is 3.68. The number of hydrogen-bond donors (Lipinski definition) is 0. The summed E-state index contributed by atoms with van der Waals surface area (Å²) >= 11 is 1.78. The lowest BCUT2D eigenvalue weighted by molar-refractivity contribution is 1.28. The van der Waals surface area contributed by atoms with Gasteiger partial charge in [-0.2, -0.15) is 0 Å². The summed E-state index contributed by atoms with van der Waals surface area (Å²) in [7, 11) is 0. The minimum Gasteiger partial charge on any atom is -0.311 e. The molecule has 0 bridgehead atoms. The third-order valence-electron chi connectivity index (χ3n) is 10.1. The summed E-state index contributed by atoms with van der Waals surface area (Å²) in [6, 6.07) is 69.8. The first-order chi connectivity index (χ1) is 25.8. The van der Waals surface area contributed by atoms with Crippen LogP contribution in [0.5, 0.6) is 0 Å². The molecule has 9 aromatic carbocycles. The predicted molar refractivity (Wildman–Crippen MR) is 223 cm³/mol. The lowest BCUT2D eigenvalue weighted by Crippen LogP contribution is -2.09. The van der Waals surface area contributed by atoms with Gasteiger partial charge < -0.3 is 4.90 Å². The fourth-order valence-electron chi connectivity index (χ4n) is 7.46. The summed E-state index contributed by atoms with van der Waals surface area (Å²) in [4.78, 5) is 7.57. The maximum atomic E-state index is 5.25. The molecule has 0 radical (unpaired) electrons. The van der Waals surface area contributed by atoms with Gasteiger partial charge in [-0.15, -0.1) is 11.3 Å². The van der Waals surface area contributed by atoms with Gasteiger partial charge in [-0.25, -0.2) is 4.98 Å². The summed E-state index contributed by atoms with van der Waals surface area (Å²) in [6.45, 7) is 0. The lowest BCUT2D eigenvalue weighted by atomic mass is 9.96. The van der Waals surface area contributed by atoms with Crippen molar-refractivity contribution in [1.82, 2.24) is 4.98 Å². The van der Waals surface area contributed by atoms with Crippen molar-refractivity contribution in [2.45, 2.75) is 0 Å². The van der Waals surface area contributed by atoms with Gasteiger partial charge in [0.25, 0.3) is 0 Å². The first kappa shape index (κ1) is 30.3. The first-order valence-corrected chi connectivity index (χ1v) is 18.4. The minimum atomic E-state index is 1.05. The van der Waals surface area contributed by atoms with Crippen molar-refractivity contribution in [3.63, 3.8) is 0 Å². The zero-order valence-corrected chi connectivity index (χ0v) is 29.1. The minimum absolute atomic E-state index is 1.05. The van der Waals surface area contributed by atoms with E-state index in [0.717, 1.165) is 33.1 Å². The molecule has 0 fully saturated rings. The van der Waals surface area contributed by atoms with Crippen LogP contribution in [0.4, 0.5) is 17.1 Å². The zero-order valence-electron chi connectivity index (χ0n) is 28.3. The second-order valence-corrected chi connectivity index (χ2v) is 14.2. The van der Waals surface area contributed by atoms with Crippen LogP contribution in [0.3, 0.4) is 0 Å². The number of fused-ring (bicyclic) bond motifs is 7. The highest BCUT2D eigenvalue weighted by atomic mass is 32.1. The van der Waals surface area contributed by atoms with E-state index in [0.29, 0.717) is 0 Å². The summed E-state index contributed by atoms with van der Waals surface area (Å²) in [5.41, 5.74) is 10.3. The van der Waals surface area contributed by atoms with Gasteiger partial charge in [-0.05, 0) is 92.3 Å². The van der Waals surface area contributed by atoms with E-state index in [9.17, 15) is 0 Å². The molecular formula is C49H32N2S. The number of thiazole rings is 1. The van der Waals surface area contributed by atoms with Crippen LogP contribution in [0.2, 0.25) is 0 Å². The maximum Gasteiger partial charge on any atom is 0.124 e. The highest BCUT2D eigenvalue weighted by Crippen LogP contribution is 2.42. The van der Waals surface area contributed by atoms with E-state index in [4.69, 9.17) is 4.98 Å². The summed E-state index contributed by atoms with van der Waals surface area (Å²) in [5.74, 6) is 0. The lowest BCUT2D eigenvalue weighted by Gasteiger charge is -2.26. The number of hydrogen-bond acceptors (Lipinski definition) is 3. The summed E-state index contributed by atoms with van der Waals surface area (Å²) < 4.78 is 1.24. The van der Waals surface area contributed by atoms with E-state index < -0.39 is 0 Å². The van der Waals surface area contributed by atoms with E-state index >= 15 is 0 Å². The van der Waals surface area contributed by atoms with Gasteiger partial charge in [0.2, 0.25) is 0 Å². The molecule has 0 unspecified atom stereocenters. The average molecular weight is 681 g/mol. The van der Waals surface area contributed by atoms with Gasteiger partial charge in [-0.3, -0.25) is 0 Å². The maximum absolute atomic E-state index is 5.25. The first-order valence-electron chi connectivity index (χ1n) is 17.6. The molecule has 1 heterocycles. The number of rotatable bonds is 6. The van der Waals surface area contributed by atoms with Crippen LogP contribution in [-0.2, 0) is 0 Å². The summed E-state index contributed by atoms with van der Waals surface area (Å²) in [5, 5.41) is 8.50. The highest BCUT2D eigenvalue weighted by Gasteiger charge is 2.17. The van der Waals surface area contributed by atoms with Gasteiger partial charge in [-0.1, -0.05) is 146 Å². The highest BCUT2D eigenvalue weighted by molar-refractivity contribution is 7.22. The molecule has 10 rings (SSSR count). The summed E-state index contributed by atoms with van der Waals surface area (Å²) in [6.07, 6.45) is 0. The van der Waals surface area contributed by atoms with Crippen molar-refractivity contribution in [3.8, 4) is 32.8 Å². The fourth-order valence-corrected chi connectivity index (χ4v) is 8.58. The Kier molecular flexibility index (Phi) is 7.37. The number of nitrogens with zero attached hydrogens (tertiary/aromatic N) is 2. The number of para-hydroxylation sites is 1. The van der Waals surface area contributed by atoms with Gasteiger partial charge in [0.1, 0.15) is 5.01 Å². The van der Waals surface area contributed by atoms with Crippen molar-refractivity contribution >= 4 is 70.9 Å². The second-order valence-electron chi connectivity index (χ2n) is 13.2. The Morgan fingerprint density at radius 2 is 0.865 bits per heavy atom. The second kappa shape index (κ2) is 12.6. The van der Waals surface area contributed by atoms with Crippen LogP contribution in [-0.4, -0.2) is 4.98 Å². The molecule has 3 heteroatoms. The molecule has 0 saturated carbocycles. The van der Waals surface area contributed by atoms with Crippen LogP contribution in [0.15, 0.2) is 194 Å². The van der Waals surface area contributed by atoms with Crippen LogP contribution < -0.4 is 4.90 Å². The molecule has 0 amide bonds. The third-order valence-corrected chi connectivity index (χ3v) is 11.2. The molecule has 0 saturated heterocycles. The van der Waals surface area contributed by atoms with Crippen molar-refractivity contribution in [2.24, 2.45) is 0 Å². The quantitative estimate of drug-likeness (QED) is 0.163. The number of benzene rings is 9. The SMILES string of the molecule is c1ccc(-c2nc3c4cc(-c5ccc(N(c6ccccc6)c6ccc(-c7ccc8ccccc8c7)cc6)cc5)ccc4c4ccccc4c3s2)cc1. The molecule has 0 N–H and O–H groups in total. The normalized spacial score (nSPS) is 11.5. The van der Waals surface area contributed by atoms with Crippen molar-refractivity contribution in [3.05, 3.63) is 194 Å². The van der Waals surface area contributed by atoms with Crippen LogP contribution >= 0.6 is 11.3 Å². The van der Waals surface area contributed by atoms with Crippen molar-refractivity contribution < 1.29 is 0 Å². The van der Waals surface area contributed by atoms with Crippen LogP contribution in [0.1, 0.15) is 0 Å². The zero-order chi connectivity index (χ0) is 34.4. The molecule has 2 nitrogen and oxygen atoms in total. The molecule has 0 aliphatic carbocycles. The molecule has 0 aliphatic heterocycles. The molecule has 10 aromatic rings. The van der Waals surface area contributed by atoms with E-state index in [1.54, 1.807) is 11.3 Å². The van der Waals surface area contributed by atoms with E-state index in [-0.39, 0.29) is 0 Å². The van der Waals surface area contributed by atoms with Gasteiger partial charge in [0.05, 0.1) is 10.2 Å². The number of anilines is 3. The Hall–Kier alpha value is -6.55. The Bertz CT molecular complexity index is 2880. The largest absolute Gasteiger partial charge is 0.311 e. The monoisotopic (exact) mass is 680 g/mol. The topological polar surface area (TPSA) is 16.1 Å². The van der Waals surface area contributed by atoms with E-state index in [1.165, 1.54) is 59.3 Å². The molecule has 0 aliphatic rings. The molecule has 52 heavy (non-hydrogen) atoms. The molecule has 0 spiro atoms. The third kappa shape index (κ3) is 5.31. The van der Waals surface area contributed by atoms with Crippen LogP contribution in [0.25, 0.3) is 75.4 Å². The Morgan fingerprint density at radius 3 is 1.58 bits per heavy atom. The van der Waals surface area contributed by atoms with Crippen LogP contribution in [0, 0.1) is 0 Å². The Labute approximate surface area is 306 Å². The molecular weight excluding hydrogens is 649 g/mol. The Morgan fingerprint density at radius 1 is 0.346 bits per heavy atom. The van der Waals surface area contributed by atoms with Gasteiger partial charge in [0.15, 0.2) is 0 Å².